The highest BCUT2D eigenvalue weighted by Crippen LogP contribution is 2.30. The number of halogens is 3. The lowest BCUT2D eigenvalue weighted by atomic mass is 10.1. The van der Waals surface area contributed by atoms with Crippen LogP contribution in [0.2, 0.25) is 0 Å². The van der Waals surface area contributed by atoms with Crippen LogP contribution in [0.4, 0.5) is 18.3 Å². The molecule has 0 saturated carbocycles. The Morgan fingerprint density at radius 1 is 1.08 bits per heavy atom. The van der Waals surface area contributed by atoms with Crippen molar-refractivity contribution < 1.29 is 22.8 Å². The first-order chi connectivity index (χ1) is 11.7. The standard InChI is InChI=1S/C17H11F3N2O2S/c1-9(23)10-5-6-14-13(8-10)21-16(25-14)22-15(24)11-3-2-4-12(7-11)17(18,19)20/h2-8H,1H3,(H,21,22,24). The second-order valence-corrected chi connectivity index (χ2v) is 6.32. The monoisotopic (exact) mass is 364 g/mol. The number of nitrogens with one attached hydrogen (secondary N) is 1. The van der Waals surface area contributed by atoms with Crippen LogP contribution in [0.15, 0.2) is 42.5 Å². The highest BCUT2D eigenvalue weighted by molar-refractivity contribution is 7.22. The number of Topliss-reactive ketones (excluding diaryl/α,β-unsaturated/α-hetero) is 1. The van der Waals surface area contributed by atoms with E-state index in [1.54, 1.807) is 18.2 Å². The molecule has 0 bridgehead atoms. The third-order valence-electron chi connectivity index (χ3n) is 3.47. The molecule has 3 rings (SSSR count). The summed E-state index contributed by atoms with van der Waals surface area (Å²) in [4.78, 5) is 27.8. The second-order valence-electron chi connectivity index (χ2n) is 5.29. The van der Waals surface area contributed by atoms with Crippen molar-refractivity contribution in [2.24, 2.45) is 0 Å². The maximum atomic E-state index is 12.7. The molecule has 0 saturated heterocycles. The van der Waals surface area contributed by atoms with Crippen LogP contribution in [0.1, 0.15) is 33.2 Å². The van der Waals surface area contributed by atoms with E-state index in [1.165, 1.54) is 30.4 Å². The normalized spacial score (nSPS) is 11.5. The van der Waals surface area contributed by atoms with E-state index in [4.69, 9.17) is 0 Å². The van der Waals surface area contributed by atoms with Gasteiger partial charge in [0.05, 0.1) is 15.8 Å². The van der Waals surface area contributed by atoms with Crippen molar-refractivity contribution in [1.82, 2.24) is 4.98 Å². The maximum Gasteiger partial charge on any atom is 0.416 e. The first-order valence-corrected chi connectivity index (χ1v) is 7.96. The minimum atomic E-state index is -4.52. The summed E-state index contributed by atoms with van der Waals surface area (Å²) in [5.74, 6) is -0.790. The Labute approximate surface area is 144 Å². The van der Waals surface area contributed by atoms with E-state index < -0.39 is 17.6 Å². The molecule has 8 heteroatoms. The molecule has 0 fully saturated rings. The quantitative estimate of drug-likeness (QED) is 0.681. The molecule has 0 unspecified atom stereocenters. The Morgan fingerprint density at radius 2 is 1.84 bits per heavy atom. The minimum absolute atomic E-state index is 0.107. The number of benzene rings is 2. The number of amides is 1. The van der Waals surface area contributed by atoms with Gasteiger partial charge in [0.15, 0.2) is 10.9 Å². The Hall–Kier alpha value is -2.74. The van der Waals surface area contributed by atoms with Gasteiger partial charge in [-0.15, -0.1) is 0 Å². The molecule has 0 spiro atoms. The summed E-state index contributed by atoms with van der Waals surface area (Å²) in [6, 6.07) is 9.13. The Bertz CT molecular complexity index is 979. The molecule has 2 aromatic carbocycles. The third kappa shape index (κ3) is 3.69. The fraction of sp³-hybridized carbons (Fsp3) is 0.118. The summed E-state index contributed by atoms with van der Waals surface area (Å²) < 4.78 is 38.9. The Balaban J connectivity index is 1.86. The van der Waals surface area contributed by atoms with Crippen molar-refractivity contribution in [3.63, 3.8) is 0 Å². The lowest BCUT2D eigenvalue weighted by molar-refractivity contribution is -0.137. The van der Waals surface area contributed by atoms with E-state index >= 15 is 0 Å². The molecule has 4 nitrogen and oxygen atoms in total. The van der Waals surface area contributed by atoms with Crippen LogP contribution in [0.3, 0.4) is 0 Å². The van der Waals surface area contributed by atoms with Crippen molar-refractivity contribution in [1.29, 1.82) is 0 Å². The maximum absolute atomic E-state index is 12.7. The lowest BCUT2D eigenvalue weighted by Crippen LogP contribution is -2.13. The van der Waals surface area contributed by atoms with Crippen molar-refractivity contribution in [2.45, 2.75) is 13.1 Å². The van der Waals surface area contributed by atoms with Crippen molar-refractivity contribution >= 4 is 38.4 Å². The summed E-state index contributed by atoms with van der Waals surface area (Å²) >= 11 is 1.17. The van der Waals surface area contributed by atoms with Crippen LogP contribution < -0.4 is 5.32 Å². The van der Waals surface area contributed by atoms with Crippen LogP contribution in [0.5, 0.6) is 0 Å². The van der Waals surface area contributed by atoms with Gasteiger partial charge >= 0.3 is 6.18 Å². The number of carbonyl (C=O) groups is 2. The van der Waals surface area contributed by atoms with Gasteiger partial charge in [-0.3, -0.25) is 14.9 Å². The number of carbonyl (C=O) groups excluding carboxylic acids is 2. The van der Waals surface area contributed by atoms with E-state index in [1.807, 2.05) is 0 Å². The number of fused-ring (bicyclic) bond motifs is 1. The molecule has 0 atom stereocenters. The zero-order chi connectivity index (χ0) is 18.2. The predicted octanol–water partition coefficient (Wildman–Crippen LogP) is 4.77. The number of thiazole rings is 1. The average molecular weight is 364 g/mol. The number of aromatic nitrogens is 1. The molecule has 0 aliphatic rings. The molecule has 25 heavy (non-hydrogen) atoms. The summed E-state index contributed by atoms with van der Waals surface area (Å²) in [6.07, 6.45) is -4.52. The number of hydrogen-bond donors (Lipinski definition) is 1. The van der Waals surface area contributed by atoms with Crippen LogP contribution in [0.25, 0.3) is 10.2 Å². The SMILES string of the molecule is CC(=O)c1ccc2sc(NC(=O)c3cccc(C(F)(F)F)c3)nc2c1. The van der Waals surface area contributed by atoms with Gasteiger partial charge < -0.3 is 0 Å². The van der Waals surface area contributed by atoms with Gasteiger partial charge in [-0.05, 0) is 43.3 Å². The van der Waals surface area contributed by atoms with Crippen LogP contribution in [0, 0.1) is 0 Å². The van der Waals surface area contributed by atoms with E-state index in [2.05, 4.69) is 10.3 Å². The molecule has 128 valence electrons. The Morgan fingerprint density at radius 3 is 2.52 bits per heavy atom. The van der Waals surface area contributed by atoms with Crippen molar-refractivity contribution in [3.8, 4) is 0 Å². The average Bonchev–Trinajstić information content (AvgIpc) is 2.95. The highest BCUT2D eigenvalue weighted by atomic mass is 32.1. The number of ketones is 1. The van der Waals surface area contributed by atoms with E-state index in [0.717, 1.165) is 16.8 Å². The molecule has 0 radical (unpaired) electrons. The minimum Gasteiger partial charge on any atom is -0.298 e. The van der Waals surface area contributed by atoms with Gasteiger partial charge in [-0.2, -0.15) is 13.2 Å². The fourth-order valence-electron chi connectivity index (χ4n) is 2.21. The number of rotatable bonds is 3. The van der Waals surface area contributed by atoms with Gasteiger partial charge in [-0.1, -0.05) is 17.4 Å². The third-order valence-corrected chi connectivity index (χ3v) is 4.42. The number of hydrogen-bond acceptors (Lipinski definition) is 4. The van der Waals surface area contributed by atoms with Gasteiger partial charge in [0.1, 0.15) is 0 Å². The topological polar surface area (TPSA) is 59.1 Å². The molecule has 1 heterocycles. The molecule has 0 aliphatic carbocycles. The second kappa shape index (κ2) is 6.29. The molecular weight excluding hydrogens is 353 g/mol. The van der Waals surface area contributed by atoms with Crippen LogP contribution in [-0.2, 0) is 6.18 Å². The van der Waals surface area contributed by atoms with E-state index in [0.29, 0.717) is 11.1 Å². The van der Waals surface area contributed by atoms with Crippen molar-refractivity contribution in [3.05, 3.63) is 59.2 Å². The zero-order valence-electron chi connectivity index (χ0n) is 12.8. The predicted molar refractivity (Wildman–Crippen MR) is 89.0 cm³/mol. The number of nitrogens with zero attached hydrogens (tertiary/aromatic N) is 1. The first kappa shape index (κ1) is 17.1. The first-order valence-electron chi connectivity index (χ1n) is 7.14. The molecule has 1 amide bonds. The summed E-state index contributed by atoms with van der Waals surface area (Å²) in [5, 5.41) is 2.74. The summed E-state index contributed by atoms with van der Waals surface area (Å²) in [7, 11) is 0. The van der Waals surface area contributed by atoms with Crippen LogP contribution >= 0.6 is 11.3 Å². The molecule has 1 N–H and O–H groups in total. The summed E-state index contributed by atoms with van der Waals surface area (Å²) in [6.45, 7) is 1.43. The summed E-state index contributed by atoms with van der Waals surface area (Å²) in [5.41, 5.74) is 0.0275. The van der Waals surface area contributed by atoms with Crippen molar-refractivity contribution in [2.75, 3.05) is 5.32 Å². The molecular formula is C17H11F3N2O2S. The van der Waals surface area contributed by atoms with E-state index in [9.17, 15) is 22.8 Å². The van der Waals surface area contributed by atoms with Crippen LogP contribution in [-0.4, -0.2) is 16.7 Å². The number of anilines is 1. The molecule has 1 aromatic heterocycles. The van der Waals surface area contributed by atoms with Gasteiger partial charge in [-0.25, -0.2) is 4.98 Å². The largest absolute Gasteiger partial charge is 0.416 e. The van der Waals surface area contributed by atoms with E-state index in [-0.39, 0.29) is 16.5 Å². The fourth-order valence-corrected chi connectivity index (χ4v) is 3.05. The Kier molecular flexibility index (Phi) is 4.30. The zero-order valence-corrected chi connectivity index (χ0v) is 13.7. The number of alkyl halides is 3. The lowest BCUT2D eigenvalue weighted by Gasteiger charge is -2.08. The molecule has 0 aliphatic heterocycles. The van der Waals surface area contributed by atoms with Gasteiger partial charge in [0.25, 0.3) is 5.91 Å². The highest BCUT2D eigenvalue weighted by Gasteiger charge is 2.30. The smallest absolute Gasteiger partial charge is 0.298 e. The molecule has 3 aromatic rings. The van der Waals surface area contributed by atoms with Gasteiger partial charge in [0, 0.05) is 11.1 Å². The van der Waals surface area contributed by atoms with Gasteiger partial charge in [0.2, 0.25) is 0 Å².